The first-order valence-corrected chi connectivity index (χ1v) is 7.76. The Labute approximate surface area is 132 Å². The van der Waals surface area contributed by atoms with Crippen LogP contribution in [0.15, 0.2) is 12.1 Å². The molecule has 4 nitrogen and oxygen atoms in total. The first kappa shape index (κ1) is 17.0. The van der Waals surface area contributed by atoms with Crippen molar-refractivity contribution >= 4 is 5.91 Å². The van der Waals surface area contributed by atoms with Gasteiger partial charge in [0.25, 0.3) is 5.91 Å². The molecular weight excluding hydrogens is 278 g/mol. The third kappa shape index (κ3) is 2.55. The van der Waals surface area contributed by atoms with Crippen molar-refractivity contribution in [3.63, 3.8) is 0 Å². The second-order valence-electron chi connectivity index (χ2n) is 7.37. The highest BCUT2D eigenvalue weighted by Crippen LogP contribution is 2.45. The third-order valence-corrected chi connectivity index (χ3v) is 5.41. The number of benzene rings is 1. The minimum Gasteiger partial charge on any atom is -0.396 e. The molecule has 0 saturated carbocycles. The first-order chi connectivity index (χ1) is 10.2. The summed E-state index contributed by atoms with van der Waals surface area (Å²) in [5.41, 5.74) is 2.88. The van der Waals surface area contributed by atoms with Crippen molar-refractivity contribution in [2.24, 2.45) is 10.8 Å². The van der Waals surface area contributed by atoms with E-state index in [2.05, 4.69) is 0 Å². The summed E-state index contributed by atoms with van der Waals surface area (Å²) in [5, 5.41) is 19.5. The molecule has 4 heteroatoms. The standard InChI is InChI=1S/C18H27NO3/c1-12-6-13(2)15(14(3)7-12)16(22)19-8-17(4,10-20)18(5,9-19)11-21/h6-7,20-21H,8-11H2,1-5H3/t17-,18+. The highest BCUT2D eigenvalue weighted by molar-refractivity contribution is 5.97. The molecule has 2 atom stereocenters. The Morgan fingerprint density at radius 2 is 1.45 bits per heavy atom. The highest BCUT2D eigenvalue weighted by atomic mass is 16.3. The largest absolute Gasteiger partial charge is 0.396 e. The van der Waals surface area contributed by atoms with Crippen molar-refractivity contribution in [3.05, 3.63) is 34.4 Å². The lowest BCUT2D eigenvalue weighted by molar-refractivity contribution is 0.00976. The van der Waals surface area contributed by atoms with Gasteiger partial charge in [-0.1, -0.05) is 31.5 Å². The predicted molar refractivity (Wildman–Crippen MR) is 86.9 cm³/mol. The maximum Gasteiger partial charge on any atom is 0.254 e. The summed E-state index contributed by atoms with van der Waals surface area (Å²) < 4.78 is 0. The average molecular weight is 305 g/mol. The second kappa shape index (κ2) is 5.67. The van der Waals surface area contributed by atoms with Gasteiger partial charge in [-0.05, 0) is 31.9 Å². The molecule has 0 aliphatic carbocycles. The van der Waals surface area contributed by atoms with Gasteiger partial charge in [0.2, 0.25) is 0 Å². The molecule has 1 aromatic carbocycles. The van der Waals surface area contributed by atoms with Gasteiger partial charge in [-0.15, -0.1) is 0 Å². The molecule has 1 fully saturated rings. The molecule has 0 radical (unpaired) electrons. The van der Waals surface area contributed by atoms with Crippen molar-refractivity contribution in [2.45, 2.75) is 34.6 Å². The zero-order valence-corrected chi connectivity index (χ0v) is 14.2. The van der Waals surface area contributed by atoms with Crippen LogP contribution in [0.4, 0.5) is 0 Å². The van der Waals surface area contributed by atoms with E-state index in [1.807, 2.05) is 46.8 Å². The maximum absolute atomic E-state index is 13.0. The van der Waals surface area contributed by atoms with Gasteiger partial charge < -0.3 is 15.1 Å². The Morgan fingerprint density at radius 1 is 1.05 bits per heavy atom. The molecule has 1 aliphatic heterocycles. The fraction of sp³-hybridized carbons (Fsp3) is 0.611. The number of amides is 1. The van der Waals surface area contributed by atoms with Crippen LogP contribution < -0.4 is 0 Å². The van der Waals surface area contributed by atoms with Crippen molar-refractivity contribution in [2.75, 3.05) is 26.3 Å². The molecular formula is C18H27NO3. The highest BCUT2D eigenvalue weighted by Gasteiger charge is 2.52. The molecule has 2 N–H and O–H groups in total. The Morgan fingerprint density at radius 3 is 1.82 bits per heavy atom. The fourth-order valence-electron chi connectivity index (χ4n) is 3.58. The van der Waals surface area contributed by atoms with Gasteiger partial charge in [0.15, 0.2) is 0 Å². The molecule has 1 saturated heterocycles. The quantitative estimate of drug-likeness (QED) is 0.898. The number of aliphatic hydroxyl groups is 2. The average Bonchev–Trinajstić information content (AvgIpc) is 2.71. The molecule has 22 heavy (non-hydrogen) atoms. The van der Waals surface area contributed by atoms with Crippen LogP contribution in [0.5, 0.6) is 0 Å². The van der Waals surface area contributed by atoms with Crippen LogP contribution in [-0.2, 0) is 0 Å². The Bertz CT molecular complexity index is 557. The molecule has 1 heterocycles. The number of hydrogen-bond acceptors (Lipinski definition) is 3. The normalized spacial score (nSPS) is 28.2. The van der Waals surface area contributed by atoms with Gasteiger partial charge in [-0.3, -0.25) is 4.79 Å². The summed E-state index contributed by atoms with van der Waals surface area (Å²) in [4.78, 5) is 14.7. The van der Waals surface area contributed by atoms with Crippen LogP contribution in [-0.4, -0.2) is 47.3 Å². The lowest BCUT2D eigenvalue weighted by atomic mass is 9.69. The number of carbonyl (C=O) groups excluding carboxylic acids is 1. The smallest absolute Gasteiger partial charge is 0.254 e. The topological polar surface area (TPSA) is 60.8 Å². The van der Waals surface area contributed by atoms with E-state index >= 15 is 0 Å². The van der Waals surface area contributed by atoms with Crippen molar-refractivity contribution in [1.29, 1.82) is 0 Å². The first-order valence-electron chi connectivity index (χ1n) is 7.76. The minimum absolute atomic E-state index is 0.00755. The number of aryl methyl sites for hydroxylation is 3. The number of likely N-dealkylation sites (tertiary alicyclic amines) is 1. The Kier molecular flexibility index (Phi) is 4.37. The van der Waals surface area contributed by atoms with Gasteiger partial charge in [0, 0.05) is 29.5 Å². The van der Waals surface area contributed by atoms with Gasteiger partial charge in [0.1, 0.15) is 0 Å². The number of carbonyl (C=O) groups is 1. The van der Waals surface area contributed by atoms with E-state index in [1.54, 1.807) is 4.90 Å². The van der Waals surface area contributed by atoms with Gasteiger partial charge >= 0.3 is 0 Å². The SMILES string of the molecule is Cc1cc(C)c(C(=O)N2C[C@](C)(CO)[C@](C)(CO)C2)c(C)c1. The Balaban J connectivity index is 2.37. The molecule has 2 rings (SSSR count). The molecule has 0 spiro atoms. The van der Waals surface area contributed by atoms with Crippen LogP contribution in [0.1, 0.15) is 40.9 Å². The van der Waals surface area contributed by atoms with E-state index in [4.69, 9.17) is 0 Å². The van der Waals surface area contributed by atoms with Crippen molar-refractivity contribution in [1.82, 2.24) is 4.90 Å². The minimum atomic E-state index is -0.482. The van der Waals surface area contributed by atoms with Gasteiger partial charge in [-0.2, -0.15) is 0 Å². The molecule has 1 amide bonds. The number of nitrogens with zero attached hydrogens (tertiary/aromatic N) is 1. The number of aliphatic hydroxyl groups excluding tert-OH is 2. The van der Waals surface area contributed by atoms with Gasteiger partial charge in [-0.25, -0.2) is 0 Å². The maximum atomic E-state index is 13.0. The Hall–Kier alpha value is -1.39. The summed E-state index contributed by atoms with van der Waals surface area (Å²) in [5.74, 6) is -0.00755. The molecule has 0 unspecified atom stereocenters. The molecule has 0 aromatic heterocycles. The summed E-state index contributed by atoms with van der Waals surface area (Å²) in [6.07, 6.45) is 0. The summed E-state index contributed by atoms with van der Waals surface area (Å²) in [6.45, 7) is 10.7. The fourth-order valence-corrected chi connectivity index (χ4v) is 3.58. The van der Waals surface area contributed by atoms with Crippen LogP contribution >= 0.6 is 0 Å². The zero-order valence-electron chi connectivity index (χ0n) is 14.2. The molecule has 0 bridgehead atoms. The lowest BCUT2D eigenvalue weighted by Gasteiger charge is -2.36. The van der Waals surface area contributed by atoms with Gasteiger partial charge in [0.05, 0.1) is 13.2 Å². The summed E-state index contributed by atoms with van der Waals surface area (Å²) >= 11 is 0. The zero-order chi connectivity index (χ0) is 16.7. The summed E-state index contributed by atoms with van der Waals surface area (Å²) in [7, 11) is 0. The third-order valence-electron chi connectivity index (χ3n) is 5.41. The van der Waals surface area contributed by atoms with E-state index < -0.39 is 10.8 Å². The monoisotopic (exact) mass is 305 g/mol. The van der Waals surface area contributed by atoms with Crippen LogP contribution in [0.3, 0.4) is 0 Å². The molecule has 122 valence electrons. The summed E-state index contributed by atoms with van der Waals surface area (Å²) in [6, 6.07) is 4.04. The second-order valence-corrected chi connectivity index (χ2v) is 7.37. The lowest BCUT2D eigenvalue weighted by Crippen LogP contribution is -2.41. The van der Waals surface area contributed by atoms with E-state index in [9.17, 15) is 15.0 Å². The van der Waals surface area contributed by atoms with E-state index in [1.165, 1.54) is 0 Å². The van der Waals surface area contributed by atoms with Crippen LogP contribution in [0.2, 0.25) is 0 Å². The van der Waals surface area contributed by atoms with Crippen LogP contribution in [0.25, 0.3) is 0 Å². The molecule has 1 aromatic rings. The molecule has 1 aliphatic rings. The van der Waals surface area contributed by atoms with Crippen molar-refractivity contribution < 1.29 is 15.0 Å². The number of rotatable bonds is 3. The van der Waals surface area contributed by atoms with E-state index in [0.717, 1.165) is 22.3 Å². The van der Waals surface area contributed by atoms with E-state index in [0.29, 0.717) is 13.1 Å². The van der Waals surface area contributed by atoms with Crippen LogP contribution in [0, 0.1) is 31.6 Å². The predicted octanol–water partition coefficient (Wildman–Crippen LogP) is 2.06. The van der Waals surface area contributed by atoms with E-state index in [-0.39, 0.29) is 19.1 Å². The number of hydrogen-bond donors (Lipinski definition) is 2. The van der Waals surface area contributed by atoms with Crippen molar-refractivity contribution in [3.8, 4) is 0 Å².